The van der Waals surface area contributed by atoms with Gasteiger partial charge in [0.05, 0.1) is 28.3 Å². The first-order chi connectivity index (χ1) is 18.4. The SMILES string of the molecule is CCC(Nc1nc(N)nc(C)c1C=Cc1nnnn1C)c1nc2cccc(C)c2c(=O)n1-c1ccccc1. The molecule has 0 saturated carbocycles. The average Bonchev–Trinajstić information content (AvgIpc) is 3.31. The number of para-hydroxylation sites is 1. The lowest BCUT2D eigenvalue weighted by Gasteiger charge is -2.23. The van der Waals surface area contributed by atoms with Crippen LogP contribution in [0.1, 0.15) is 47.9 Å². The Kier molecular flexibility index (Phi) is 6.65. The number of aryl methyl sites for hydroxylation is 3. The highest BCUT2D eigenvalue weighted by molar-refractivity contribution is 5.81. The van der Waals surface area contributed by atoms with Crippen LogP contribution >= 0.6 is 0 Å². The van der Waals surface area contributed by atoms with Crippen LogP contribution in [-0.4, -0.2) is 39.7 Å². The molecule has 0 radical (unpaired) electrons. The van der Waals surface area contributed by atoms with E-state index < -0.39 is 0 Å². The van der Waals surface area contributed by atoms with Crippen LogP contribution in [0.3, 0.4) is 0 Å². The van der Waals surface area contributed by atoms with Crippen molar-refractivity contribution in [1.29, 1.82) is 0 Å². The van der Waals surface area contributed by atoms with Crippen LogP contribution in [0.15, 0.2) is 53.3 Å². The van der Waals surface area contributed by atoms with Crippen molar-refractivity contribution in [3.05, 3.63) is 87.4 Å². The molecule has 5 rings (SSSR count). The number of hydrogen-bond donors (Lipinski definition) is 2. The molecular weight excluding hydrogens is 480 g/mol. The Bertz CT molecular complexity index is 1710. The van der Waals surface area contributed by atoms with Crippen LogP contribution < -0.4 is 16.6 Å². The fourth-order valence-electron chi connectivity index (χ4n) is 4.44. The van der Waals surface area contributed by atoms with Crippen LogP contribution in [0.5, 0.6) is 0 Å². The monoisotopic (exact) mass is 508 g/mol. The molecule has 0 aliphatic heterocycles. The largest absolute Gasteiger partial charge is 0.368 e. The van der Waals surface area contributed by atoms with Gasteiger partial charge in [-0.1, -0.05) is 37.3 Å². The summed E-state index contributed by atoms with van der Waals surface area (Å²) in [5, 5.41) is 15.6. The van der Waals surface area contributed by atoms with Gasteiger partial charge in [-0.3, -0.25) is 9.36 Å². The zero-order valence-corrected chi connectivity index (χ0v) is 21.6. The Morgan fingerprint density at radius 3 is 2.53 bits per heavy atom. The maximum absolute atomic E-state index is 13.9. The molecule has 192 valence electrons. The summed E-state index contributed by atoms with van der Waals surface area (Å²) < 4.78 is 3.24. The summed E-state index contributed by atoms with van der Waals surface area (Å²) in [5.74, 6) is 1.80. The van der Waals surface area contributed by atoms with Crippen molar-refractivity contribution in [1.82, 2.24) is 39.7 Å². The molecule has 0 fully saturated rings. The van der Waals surface area contributed by atoms with Crippen molar-refractivity contribution in [2.45, 2.75) is 33.2 Å². The van der Waals surface area contributed by atoms with Gasteiger partial charge in [-0.05, 0) is 66.6 Å². The van der Waals surface area contributed by atoms with Crippen LogP contribution in [-0.2, 0) is 7.05 Å². The Labute approximate surface area is 219 Å². The quantitative estimate of drug-likeness (QED) is 0.337. The van der Waals surface area contributed by atoms with Crippen molar-refractivity contribution < 1.29 is 0 Å². The van der Waals surface area contributed by atoms with E-state index in [-0.39, 0.29) is 17.5 Å². The van der Waals surface area contributed by atoms with E-state index >= 15 is 0 Å². The summed E-state index contributed by atoms with van der Waals surface area (Å²) in [6.07, 6.45) is 4.25. The van der Waals surface area contributed by atoms with E-state index in [0.717, 1.165) is 16.8 Å². The lowest BCUT2D eigenvalue weighted by Crippen LogP contribution is -2.29. The molecule has 3 aromatic heterocycles. The number of fused-ring (bicyclic) bond motifs is 1. The molecule has 0 saturated heterocycles. The summed E-state index contributed by atoms with van der Waals surface area (Å²) in [6.45, 7) is 5.81. The highest BCUT2D eigenvalue weighted by Gasteiger charge is 2.22. The van der Waals surface area contributed by atoms with Crippen molar-refractivity contribution in [2.75, 3.05) is 11.1 Å². The van der Waals surface area contributed by atoms with E-state index in [0.29, 0.717) is 40.5 Å². The topological polar surface area (TPSA) is 142 Å². The van der Waals surface area contributed by atoms with Gasteiger partial charge in [0.15, 0.2) is 5.82 Å². The predicted octanol–water partition coefficient (Wildman–Crippen LogP) is 3.63. The third-order valence-corrected chi connectivity index (χ3v) is 6.38. The average molecular weight is 509 g/mol. The summed E-state index contributed by atoms with van der Waals surface area (Å²) >= 11 is 0. The maximum atomic E-state index is 13.9. The van der Waals surface area contributed by atoms with Crippen molar-refractivity contribution >= 4 is 34.8 Å². The number of hydrogen-bond acceptors (Lipinski definition) is 9. The first-order valence-corrected chi connectivity index (χ1v) is 12.3. The third kappa shape index (κ3) is 4.61. The number of anilines is 2. The fourth-order valence-corrected chi connectivity index (χ4v) is 4.44. The number of rotatable bonds is 7. The first kappa shape index (κ1) is 24.8. The molecule has 0 spiro atoms. The number of nitrogens with two attached hydrogens (primary N) is 1. The van der Waals surface area contributed by atoms with Crippen LogP contribution in [0.25, 0.3) is 28.7 Å². The molecule has 3 N–H and O–H groups in total. The number of nitrogen functional groups attached to an aromatic ring is 1. The molecule has 0 aliphatic rings. The number of aromatic nitrogens is 8. The lowest BCUT2D eigenvalue weighted by atomic mass is 10.1. The van der Waals surface area contributed by atoms with E-state index in [1.807, 2.05) is 75.4 Å². The minimum atomic E-state index is -0.370. The summed E-state index contributed by atoms with van der Waals surface area (Å²) in [7, 11) is 1.76. The first-order valence-electron chi connectivity index (χ1n) is 12.3. The second-order valence-corrected chi connectivity index (χ2v) is 8.94. The van der Waals surface area contributed by atoms with E-state index in [4.69, 9.17) is 10.7 Å². The molecule has 38 heavy (non-hydrogen) atoms. The van der Waals surface area contributed by atoms with Gasteiger partial charge < -0.3 is 11.1 Å². The Balaban J connectivity index is 1.67. The molecule has 11 heteroatoms. The second-order valence-electron chi connectivity index (χ2n) is 8.94. The molecule has 2 aromatic carbocycles. The predicted molar refractivity (Wildman–Crippen MR) is 148 cm³/mol. The van der Waals surface area contributed by atoms with Gasteiger partial charge in [0, 0.05) is 12.6 Å². The molecule has 1 unspecified atom stereocenters. The van der Waals surface area contributed by atoms with Gasteiger partial charge in [0.25, 0.3) is 5.56 Å². The fraction of sp³-hybridized carbons (Fsp3) is 0.222. The molecule has 0 bridgehead atoms. The zero-order chi connectivity index (χ0) is 26.8. The van der Waals surface area contributed by atoms with Gasteiger partial charge in [0.1, 0.15) is 11.6 Å². The number of benzene rings is 2. The van der Waals surface area contributed by atoms with Gasteiger partial charge in [-0.15, -0.1) is 5.10 Å². The number of nitrogens with zero attached hydrogens (tertiary/aromatic N) is 8. The van der Waals surface area contributed by atoms with E-state index in [1.54, 1.807) is 22.4 Å². The Hall–Kier alpha value is -4.93. The van der Waals surface area contributed by atoms with E-state index in [1.165, 1.54) is 0 Å². The summed E-state index contributed by atoms with van der Waals surface area (Å²) in [6, 6.07) is 14.9. The van der Waals surface area contributed by atoms with Crippen molar-refractivity contribution in [2.24, 2.45) is 7.05 Å². The van der Waals surface area contributed by atoms with Gasteiger partial charge in [-0.2, -0.15) is 4.98 Å². The van der Waals surface area contributed by atoms with Gasteiger partial charge >= 0.3 is 0 Å². The highest BCUT2D eigenvalue weighted by Crippen LogP contribution is 2.28. The van der Waals surface area contributed by atoms with Crippen molar-refractivity contribution in [3.63, 3.8) is 0 Å². The molecule has 5 aromatic rings. The number of nitrogens with one attached hydrogen (secondary N) is 1. The van der Waals surface area contributed by atoms with E-state index in [2.05, 4.69) is 30.8 Å². The van der Waals surface area contributed by atoms with Gasteiger partial charge in [0.2, 0.25) is 5.95 Å². The maximum Gasteiger partial charge on any atom is 0.266 e. The third-order valence-electron chi connectivity index (χ3n) is 6.38. The summed E-state index contributed by atoms with van der Waals surface area (Å²) in [4.78, 5) is 27.7. The molecule has 1 atom stereocenters. The minimum Gasteiger partial charge on any atom is -0.368 e. The van der Waals surface area contributed by atoms with E-state index in [9.17, 15) is 4.79 Å². The Morgan fingerprint density at radius 1 is 1.03 bits per heavy atom. The lowest BCUT2D eigenvalue weighted by molar-refractivity contribution is 0.658. The molecule has 3 heterocycles. The standard InChI is InChI=1S/C27H28N10O/c1-5-20(30-24-19(17(3)29-27(28)32-24)14-15-22-33-34-35-36(22)4)25-31-21-13-9-10-16(2)23(21)26(38)37(25)18-11-7-6-8-12-18/h6-15,20H,5H2,1-4H3,(H3,28,29,30,32). The smallest absolute Gasteiger partial charge is 0.266 e. The second kappa shape index (κ2) is 10.2. The van der Waals surface area contributed by atoms with Crippen LogP contribution in [0.2, 0.25) is 0 Å². The molecular formula is C27H28N10O. The minimum absolute atomic E-state index is 0.122. The van der Waals surface area contributed by atoms with Crippen molar-refractivity contribution in [3.8, 4) is 5.69 Å². The Morgan fingerprint density at radius 2 is 1.82 bits per heavy atom. The van der Waals surface area contributed by atoms with Crippen LogP contribution in [0.4, 0.5) is 11.8 Å². The zero-order valence-electron chi connectivity index (χ0n) is 21.6. The highest BCUT2D eigenvalue weighted by atomic mass is 16.1. The van der Waals surface area contributed by atoms with Crippen LogP contribution in [0, 0.1) is 13.8 Å². The van der Waals surface area contributed by atoms with Gasteiger partial charge in [-0.25, -0.2) is 14.6 Å². The molecule has 0 amide bonds. The molecule has 0 aliphatic carbocycles. The normalized spacial score (nSPS) is 12.3. The summed E-state index contributed by atoms with van der Waals surface area (Å²) in [5.41, 5.74) is 9.59. The molecule has 11 nitrogen and oxygen atoms in total. The number of tetrazole rings is 1.